The number of allylic oxidation sites excluding steroid dienone is 2. The molecule has 0 radical (unpaired) electrons. The Hall–Kier alpha value is -4.01. The summed E-state index contributed by atoms with van der Waals surface area (Å²) in [6.45, 7) is 1.88. The van der Waals surface area contributed by atoms with Crippen LogP contribution in [-0.4, -0.2) is 53.7 Å². The van der Waals surface area contributed by atoms with Crippen molar-refractivity contribution in [3.8, 4) is 0 Å². The Labute approximate surface area is 257 Å². The van der Waals surface area contributed by atoms with Crippen molar-refractivity contribution in [2.24, 2.45) is 0 Å². The van der Waals surface area contributed by atoms with Crippen LogP contribution in [-0.2, 0) is 41.9 Å². The van der Waals surface area contributed by atoms with Crippen LogP contribution in [0.15, 0.2) is 104 Å². The number of fused-ring (bicyclic) bond motifs is 1. The van der Waals surface area contributed by atoms with Crippen LogP contribution in [0.1, 0.15) is 29.5 Å². The van der Waals surface area contributed by atoms with Crippen LogP contribution in [0.4, 0.5) is 17.6 Å². The fraction of sp³-hybridized carbons (Fsp3) is 0.258. The monoisotopic (exact) mass is 664 g/mol. The molecule has 1 atom stereocenters. The van der Waals surface area contributed by atoms with E-state index >= 15 is 4.39 Å². The molecule has 0 aromatic heterocycles. The Morgan fingerprint density at radius 3 is 2.27 bits per heavy atom. The number of hydrogen-bond acceptors (Lipinski definition) is 8. The van der Waals surface area contributed by atoms with Crippen molar-refractivity contribution in [2.45, 2.75) is 35.4 Å². The van der Waals surface area contributed by atoms with Gasteiger partial charge in [-0.05, 0) is 37.7 Å². The molecule has 8 nitrogen and oxygen atoms in total. The summed E-state index contributed by atoms with van der Waals surface area (Å²) in [5, 5.41) is 2.68. The molecule has 1 unspecified atom stereocenters. The van der Waals surface area contributed by atoms with E-state index in [0.717, 1.165) is 29.8 Å². The van der Waals surface area contributed by atoms with Crippen molar-refractivity contribution >= 4 is 25.6 Å². The second-order valence-electron chi connectivity index (χ2n) is 10.7. The molecule has 0 saturated carbocycles. The lowest BCUT2D eigenvalue weighted by atomic mass is 9.85. The number of rotatable bonds is 7. The smallest absolute Gasteiger partial charge is 0.419 e. The molecule has 0 fully saturated rings. The fourth-order valence-corrected chi connectivity index (χ4v) is 9.58. The van der Waals surface area contributed by atoms with Crippen LogP contribution in [0, 0.1) is 5.82 Å². The van der Waals surface area contributed by atoms with Gasteiger partial charge in [-0.3, -0.25) is 4.90 Å². The van der Waals surface area contributed by atoms with Crippen LogP contribution < -0.4 is 5.32 Å². The third-order valence-corrected chi connectivity index (χ3v) is 11.4. The summed E-state index contributed by atoms with van der Waals surface area (Å²) in [4.78, 5) is 13.6. The van der Waals surface area contributed by atoms with Gasteiger partial charge in [0.15, 0.2) is 9.84 Å². The molecule has 0 saturated heterocycles. The quantitative estimate of drug-likeness (QED) is 0.279. The number of nitrogens with zero attached hydrogens (tertiary/aromatic N) is 1. The van der Waals surface area contributed by atoms with E-state index in [1.54, 1.807) is 7.05 Å². The van der Waals surface area contributed by atoms with E-state index in [1.165, 1.54) is 19.1 Å². The van der Waals surface area contributed by atoms with Gasteiger partial charge in [0.25, 0.3) is 0 Å². The highest BCUT2D eigenvalue weighted by molar-refractivity contribution is 7.97. The van der Waals surface area contributed by atoms with Crippen LogP contribution in [0.2, 0.25) is 0 Å². The summed E-state index contributed by atoms with van der Waals surface area (Å²) in [5.74, 6) is -5.74. The normalized spacial score (nSPS) is 19.0. The molecule has 5 rings (SSSR count). The summed E-state index contributed by atoms with van der Waals surface area (Å²) in [6, 6.07) is 16.5. The summed E-state index contributed by atoms with van der Waals surface area (Å²) >= 11 is 0. The lowest BCUT2D eigenvalue weighted by molar-refractivity contribution is -0.140. The summed E-state index contributed by atoms with van der Waals surface area (Å²) in [7, 11) is -7.35. The number of carbonyl (C=O) groups excluding carboxylic acids is 1. The molecular weight excluding hydrogens is 636 g/mol. The van der Waals surface area contributed by atoms with Gasteiger partial charge in [-0.1, -0.05) is 54.6 Å². The standard InChI is InChI=1S/C31H28F4N2O6S2/c1-19-26(30(38)43-16-15-37(2)17-20-9-4-3-5-10-20)27(21-11-8-12-22(28(21)32)31(33,34)35)29-23(36-19)18-44(39,40)24-13-6-7-14-25(24)45(29,41)42/h3-14,27,36H,15-18H2,1-2H3. The lowest BCUT2D eigenvalue weighted by Crippen LogP contribution is -2.35. The number of carbonyl (C=O) groups is 1. The van der Waals surface area contributed by atoms with E-state index in [9.17, 15) is 34.8 Å². The van der Waals surface area contributed by atoms with Gasteiger partial charge in [0.1, 0.15) is 12.4 Å². The number of halogens is 4. The number of esters is 1. The van der Waals surface area contributed by atoms with Gasteiger partial charge in [0.05, 0.1) is 37.5 Å². The number of hydrogen-bond donors (Lipinski definition) is 1. The zero-order valence-electron chi connectivity index (χ0n) is 24.1. The molecule has 3 aromatic carbocycles. The molecule has 2 aliphatic rings. The first-order chi connectivity index (χ1) is 21.1. The maximum atomic E-state index is 15.8. The van der Waals surface area contributed by atoms with Gasteiger partial charge < -0.3 is 10.1 Å². The first-order valence-corrected chi connectivity index (χ1v) is 16.8. The van der Waals surface area contributed by atoms with Crippen LogP contribution in [0.5, 0.6) is 0 Å². The second kappa shape index (κ2) is 12.1. The predicted molar refractivity (Wildman–Crippen MR) is 156 cm³/mol. The molecule has 0 aliphatic carbocycles. The number of sulfone groups is 2. The van der Waals surface area contributed by atoms with Crippen LogP contribution in [0.25, 0.3) is 0 Å². The summed E-state index contributed by atoms with van der Waals surface area (Å²) in [6.07, 6.45) is -5.15. The average molecular weight is 665 g/mol. The SMILES string of the molecule is CC1=C(C(=O)OCCN(C)Cc2ccccc2)C(c2cccc(C(F)(F)F)c2F)C2=C(CS(=O)(=O)c3ccccc3S2(=O)=O)N1. The minimum Gasteiger partial charge on any atom is -0.461 e. The largest absolute Gasteiger partial charge is 0.461 e. The minimum absolute atomic E-state index is 0.0884. The molecule has 238 valence electrons. The Kier molecular flexibility index (Phi) is 8.68. The van der Waals surface area contributed by atoms with E-state index in [0.29, 0.717) is 12.6 Å². The van der Waals surface area contributed by atoms with Crippen molar-refractivity contribution in [2.75, 3.05) is 26.0 Å². The van der Waals surface area contributed by atoms with E-state index in [2.05, 4.69) is 5.32 Å². The Balaban J connectivity index is 1.60. The second-order valence-corrected chi connectivity index (χ2v) is 14.6. The highest BCUT2D eigenvalue weighted by atomic mass is 32.2. The van der Waals surface area contributed by atoms with E-state index in [-0.39, 0.29) is 18.8 Å². The maximum absolute atomic E-state index is 15.8. The lowest BCUT2D eigenvalue weighted by Gasteiger charge is -2.32. The topological polar surface area (TPSA) is 110 Å². The molecule has 3 aromatic rings. The Morgan fingerprint density at radius 2 is 1.60 bits per heavy atom. The number of likely N-dealkylation sites (N-methyl/N-ethyl adjacent to an activating group) is 1. The highest BCUT2D eigenvalue weighted by Gasteiger charge is 2.48. The van der Waals surface area contributed by atoms with Crippen molar-refractivity contribution < 1.29 is 43.9 Å². The molecule has 2 aliphatic heterocycles. The molecule has 1 N–H and O–H groups in total. The van der Waals surface area contributed by atoms with Gasteiger partial charge in [0, 0.05) is 30.0 Å². The zero-order valence-corrected chi connectivity index (χ0v) is 25.7. The first-order valence-electron chi connectivity index (χ1n) is 13.7. The number of benzene rings is 3. The Bertz CT molecular complexity index is 1940. The van der Waals surface area contributed by atoms with Crippen molar-refractivity contribution in [1.82, 2.24) is 10.2 Å². The van der Waals surface area contributed by atoms with Crippen LogP contribution in [0.3, 0.4) is 0 Å². The van der Waals surface area contributed by atoms with Gasteiger partial charge in [0.2, 0.25) is 9.84 Å². The van der Waals surface area contributed by atoms with Crippen molar-refractivity contribution in [1.29, 1.82) is 0 Å². The molecule has 14 heteroatoms. The summed E-state index contributed by atoms with van der Waals surface area (Å²) in [5.41, 5.74) is -2.40. The average Bonchev–Trinajstić information content (AvgIpc) is 3.02. The predicted octanol–water partition coefficient (Wildman–Crippen LogP) is 4.95. The fourth-order valence-electron chi connectivity index (χ4n) is 5.52. The number of nitrogens with one attached hydrogen (secondary N) is 1. The van der Waals surface area contributed by atoms with Crippen molar-refractivity contribution in [3.63, 3.8) is 0 Å². The molecule has 45 heavy (non-hydrogen) atoms. The number of dihydropyridines is 1. The van der Waals surface area contributed by atoms with Gasteiger partial charge in [-0.2, -0.15) is 13.2 Å². The van der Waals surface area contributed by atoms with Gasteiger partial charge >= 0.3 is 12.1 Å². The maximum Gasteiger partial charge on any atom is 0.419 e. The molecule has 2 heterocycles. The van der Waals surface area contributed by atoms with Crippen LogP contribution >= 0.6 is 0 Å². The number of alkyl halides is 3. The molecular formula is C31H28F4N2O6S2. The van der Waals surface area contributed by atoms with E-state index in [1.807, 2.05) is 35.2 Å². The van der Waals surface area contributed by atoms with E-state index < -0.39 is 86.4 Å². The first kappa shape index (κ1) is 32.4. The molecule has 0 bridgehead atoms. The third-order valence-electron chi connectivity index (χ3n) is 7.55. The van der Waals surface area contributed by atoms with Gasteiger partial charge in [-0.25, -0.2) is 26.0 Å². The molecule has 0 spiro atoms. The summed E-state index contributed by atoms with van der Waals surface area (Å²) < 4.78 is 118. The molecule has 0 amide bonds. The van der Waals surface area contributed by atoms with Gasteiger partial charge in [-0.15, -0.1) is 0 Å². The highest BCUT2D eigenvalue weighted by Crippen LogP contribution is 2.48. The minimum atomic E-state index is -5.15. The Morgan fingerprint density at radius 1 is 0.956 bits per heavy atom. The number of ether oxygens (including phenoxy) is 1. The third kappa shape index (κ3) is 6.26. The zero-order chi connectivity index (χ0) is 32.7. The van der Waals surface area contributed by atoms with Crippen molar-refractivity contribution in [3.05, 3.63) is 117 Å². The van der Waals surface area contributed by atoms with E-state index in [4.69, 9.17) is 4.74 Å².